The van der Waals surface area contributed by atoms with Crippen LogP contribution in [0.1, 0.15) is 12.5 Å². The molecule has 0 aliphatic heterocycles. The molecule has 0 saturated carbocycles. The zero-order valence-corrected chi connectivity index (χ0v) is 13.6. The van der Waals surface area contributed by atoms with Gasteiger partial charge < -0.3 is 5.32 Å². The first-order valence-corrected chi connectivity index (χ1v) is 9.32. The Morgan fingerprint density at radius 3 is 2.79 bits per heavy atom. The Balaban J connectivity index is 2.79. The number of carbonyl (C=O) groups is 1. The van der Waals surface area contributed by atoms with E-state index in [0.29, 0.717) is 16.5 Å². The molecule has 106 valence electrons. The third-order valence-corrected chi connectivity index (χ3v) is 4.46. The summed E-state index contributed by atoms with van der Waals surface area (Å²) in [6.07, 6.45) is 3.60. The third kappa shape index (κ3) is 5.55. The number of anilines is 1. The lowest BCUT2D eigenvalue weighted by Crippen LogP contribution is -2.22. The molecule has 0 fully saturated rings. The fourth-order valence-electron chi connectivity index (χ4n) is 1.57. The molecule has 1 aromatic carbocycles. The monoisotopic (exact) mass is 319 g/mol. The highest BCUT2D eigenvalue weighted by atomic mass is 35.5. The molecule has 2 atom stereocenters. The lowest BCUT2D eigenvalue weighted by molar-refractivity contribution is -0.118. The van der Waals surface area contributed by atoms with Gasteiger partial charge in [0.2, 0.25) is 5.91 Å². The first kappa shape index (κ1) is 16.5. The maximum Gasteiger partial charge on any atom is 0.228 e. The van der Waals surface area contributed by atoms with Crippen molar-refractivity contribution < 1.29 is 9.00 Å². The van der Waals surface area contributed by atoms with Gasteiger partial charge >= 0.3 is 0 Å². The largest absolute Gasteiger partial charge is 0.326 e. The van der Waals surface area contributed by atoms with Crippen LogP contribution in [0.15, 0.2) is 18.2 Å². The van der Waals surface area contributed by atoms with E-state index in [0.717, 1.165) is 11.3 Å². The van der Waals surface area contributed by atoms with Gasteiger partial charge in [-0.1, -0.05) is 18.5 Å². The molecule has 0 spiro atoms. The van der Waals surface area contributed by atoms with Gasteiger partial charge in [0.15, 0.2) is 0 Å². The fraction of sp³-hybridized carbons (Fsp3) is 0.462. The van der Waals surface area contributed by atoms with Crippen LogP contribution >= 0.6 is 23.4 Å². The van der Waals surface area contributed by atoms with Crippen LogP contribution in [0.4, 0.5) is 5.69 Å². The highest BCUT2D eigenvalue weighted by Gasteiger charge is 2.13. The van der Waals surface area contributed by atoms with Gasteiger partial charge in [-0.2, -0.15) is 11.8 Å². The second-order valence-corrected chi connectivity index (χ2v) is 7.12. The molecule has 0 aliphatic carbocycles. The number of rotatable bonds is 6. The van der Waals surface area contributed by atoms with Crippen LogP contribution in [0.5, 0.6) is 0 Å². The Hall–Kier alpha value is -0.520. The number of thioether (sulfide) groups is 1. The Morgan fingerprint density at radius 2 is 2.21 bits per heavy atom. The number of carbonyl (C=O) groups excluding carboxylic acids is 1. The van der Waals surface area contributed by atoms with Gasteiger partial charge in [0, 0.05) is 45.2 Å². The van der Waals surface area contributed by atoms with Gasteiger partial charge in [-0.15, -0.1) is 0 Å². The Bertz CT molecular complexity index is 480. The molecule has 1 rings (SSSR count). The van der Waals surface area contributed by atoms with E-state index in [-0.39, 0.29) is 11.8 Å². The standard InChI is InChI=1S/C13H18ClNO2S2/c1-9(7-18-2)13(16)15-11-4-5-12(14)10(6-11)8-19(3)17/h4-6,9H,7-8H2,1-3H3,(H,15,16)/t9-,19-/m1/s1. The topological polar surface area (TPSA) is 46.2 Å². The van der Waals surface area contributed by atoms with Crippen molar-refractivity contribution in [2.24, 2.45) is 5.92 Å². The number of halogens is 1. The SMILES string of the molecule is CSC[C@@H](C)C(=O)Nc1ccc(Cl)c(C[S@@](C)=O)c1. The highest BCUT2D eigenvalue weighted by molar-refractivity contribution is 7.98. The molecule has 19 heavy (non-hydrogen) atoms. The number of hydrogen-bond acceptors (Lipinski definition) is 3. The summed E-state index contributed by atoms with van der Waals surface area (Å²) in [5.74, 6) is 1.11. The minimum Gasteiger partial charge on any atom is -0.326 e. The predicted octanol–water partition coefficient (Wildman–Crippen LogP) is 3.16. The highest BCUT2D eigenvalue weighted by Crippen LogP contribution is 2.22. The van der Waals surface area contributed by atoms with E-state index < -0.39 is 10.8 Å². The van der Waals surface area contributed by atoms with E-state index in [4.69, 9.17) is 11.6 Å². The van der Waals surface area contributed by atoms with E-state index in [1.165, 1.54) is 0 Å². The van der Waals surface area contributed by atoms with Crippen LogP contribution in [0, 0.1) is 5.92 Å². The minimum atomic E-state index is -0.960. The summed E-state index contributed by atoms with van der Waals surface area (Å²) < 4.78 is 11.3. The summed E-state index contributed by atoms with van der Waals surface area (Å²) in [7, 11) is -0.960. The first-order valence-electron chi connectivity index (χ1n) is 5.82. The molecule has 0 saturated heterocycles. The summed E-state index contributed by atoms with van der Waals surface area (Å²) in [5, 5.41) is 3.43. The zero-order chi connectivity index (χ0) is 14.4. The van der Waals surface area contributed by atoms with E-state index in [1.54, 1.807) is 36.2 Å². The smallest absolute Gasteiger partial charge is 0.228 e. The quantitative estimate of drug-likeness (QED) is 0.876. The summed E-state index contributed by atoms with van der Waals surface area (Å²) in [5.41, 5.74) is 1.49. The van der Waals surface area contributed by atoms with Crippen molar-refractivity contribution in [1.29, 1.82) is 0 Å². The average Bonchev–Trinajstić information content (AvgIpc) is 2.33. The molecule has 0 radical (unpaired) electrons. The van der Waals surface area contributed by atoms with Crippen molar-refractivity contribution in [1.82, 2.24) is 0 Å². The zero-order valence-electron chi connectivity index (χ0n) is 11.2. The number of nitrogens with one attached hydrogen (secondary N) is 1. The molecular weight excluding hydrogens is 302 g/mol. The number of hydrogen-bond donors (Lipinski definition) is 1. The predicted molar refractivity (Wildman–Crippen MR) is 85.4 cm³/mol. The van der Waals surface area contributed by atoms with E-state index in [9.17, 15) is 9.00 Å². The third-order valence-electron chi connectivity index (χ3n) is 2.54. The molecule has 0 aliphatic rings. The van der Waals surface area contributed by atoms with Crippen molar-refractivity contribution in [3.05, 3.63) is 28.8 Å². The average molecular weight is 320 g/mol. The van der Waals surface area contributed by atoms with Crippen LogP contribution in [-0.2, 0) is 21.3 Å². The minimum absolute atomic E-state index is 0.0137. The van der Waals surface area contributed by atoms with E-state index in [1.807, 2.05) is 13.2 Å². The van der Waals surface area contributed by atoms with Crippen molar-refractivity contribution in [2.75, 3.05) is 23.6 Å². The Morgan fingerprint density at radius 1 is 1.53 bits per heavy atom. The van der Waals surface area contributed by atoms with Crippen molar-refractivity contribution >= 4 is 45.8 Å². The summed E-state index contributed by atoms with van der Waals surface area (Å²) in [6, 6.07) is 5.26. The van der Waals surface area contributed by atoms with Gasteiger partial charge in [-0.05, 0) is 30.0 Å². The van der Waals surface area contributed by atoms with Gasteiger partial charge in [0.05, 0.1) is 0 Å². The second-order valence-electron chi connectivity index (χ2n) is 4.37. The lowest BCUT2D eigenvalue weighted by atomic mass is 10.2. The maximum absolute atomic E-state index is 11.9. The van der Waals surface area contributed by atoms with Crippen LogP contribution in [-0.4, -0.2) is 28.4 Å². The molecular formula is C13H18ClNO2S2. The fourth-order valence-corrected chi connectivity index (χ4v) is 3.17. The van der Waals surface area contributed by atoms with E-state index >= 15 is 0 Å². The Kier molecular flexibility index (Phi) is 6.89. The normalized spacial score (nSPS) is 13.9. The summed E-state index contributed by atoms with van der Waals surface area (Å²) >= 11 is 7.68. The molecule has 0 heterocycles. The Labute approximate surface area is 125 Å². The molecule has 0 bridgehead atoms. The number of amides is 1. The van der Waals surface area contributed by atoms with Crippen LogP contribution in [0.25, 0.3) is 0 Å². The van der Waals surface area contributed by atoms with Crippen LogP contribution in [0.2, 0.25) is 5.02 Å². The summed E-state index contributed by atoms with van der Waals surface area (Å²) in [6.45, 7) is 1.89. The molecule has 6 heteroatoms. The van der Waals surface area contributed by atoms with E-state index in [2.05, 4.69) is 5.32 Å². The van der Waals surface area contributed by atoms with Crippen LogP contribution < -0.4 is 5.32 Å². The number of benzene rings is 1. The molecule has 0 aromatic heterocycles. The molecule has 1 aromatic rings. The molecule has 3 nitrogen and oxygen atoms in total. The second kappa shape index (κ2) is 7.92. The lowest BCUT2D eigenvalue weighted by Gasteiger charge is -2.12. The van der Waals surface area contributed by atoms with Crippen molar-refractivity contribution in [3.63, 3.8) is 0 Å². The maximum atomic E-state index is 11.9. The van der Waals surface area contributed by atoms with Crippen LogP contribution in [0.3, 0.4) is 0 Å². The first-order chi connectivity index (χ1) is 8.93. The van der Waals surface area contributed by atoms with Gasteiger partial charge in [0.25, 0.3) is 0 Å². The molecule has 1 N–H and O–H groups in total. The van der Waals surface area contributed by atoms with Gasteiger partial charge in [0.1, 0.15) is 0 Å². The van der Waals surface area contributed by atoms with Crippen molar-refractivity contribution in [2.45, 2.75) is 12.7 Å². The van der Waals surface area contributed by atoms with Gasteiger partial charge in [-0.25, -0.2) is 0 Å². The molecule has 1 amide bonds. The molecule has 0 unspecified atom stereocenters. The summed E-state index contributed by atoms with van der Waals surface area (Å²) in [4.78, 5) is 11.9. The van der Waals surface area contributed by atoms with Gasteiger partial charge in [-0.3, -0.25) is 9.00 Å². The van der Waals surface area contributed by atoms with Crippen molar-refractivity contribution in [3.8, 4) is 0 Å².